The Kier molecular flexibility index (Phi) is 7.16. The molecule has 2 aromatic carbocycles. The highest BCUT2D eigenvalue weighted by molar-refractivity contribution is 6.32. The van der Waals surface area contributed by atoms with Crippen LogP contribution in [0.3, 0.4) is 0 Å². The zero-order valence-corrected chi connectivity index (χ0v) is 23.3. The number of nitrogens with zero attached hydrogens (tertiary/aromatic N) is 4. The number of amides is 2. The van der Waals surface area contributed by atoms with E-state index < -0.39 is 6.03 Å². The van der Waals surface area contributed by atoms with Gasteiger partial charge in [-0.15, -0.1) is 0 Å². The normalized spacial score (nSPS) is 11.1. The van der Waals surface area contributed by atoms with Crippen molar-refractivity contribution in [2.45, 2.75) is 33.1 Å². The van der Waals surface area contributed by atoms with Gasteiger partial charge in [0.25, 0.3) is 0 Å². The van der Waals surface area contributed by atoms with Crippen molar-refractivity contribution in [1.29, 1.82) is 0 Å². The largest absolute Gasteiger partial charge is 0.382 e. The van der Waals surface area contributed by atoms with Crippen LogP contribution in [0.4, 0.5) is 22.1 Å². The Morgan fingerprint density at radius 2 is 1.82 bits per heavy atom. The number of urea groups is 1. The zero-order valence-electron chi connectivity index (χ0n) is 22.6. The van der Waals surface area contributed by atoms with Gasteiger partial charge in [-0.25, -0.2) is 14.5 Å². The highest BCUT2D eigenvalue weighted by atomic mass is 35.5. The van der Waals surface area contributed by atoms with E-state index in [4.69, 9.17) is 22.4 Å². The number of fused-ring (bicyclic) bond motifs is 1. The molecule has 0 atom stereocenters. The molecule has 0 aliphatic heterocycles. The summed E-state index contributed by atoms with van der Waals surface area (Å²) >= 11 is 6.06. The summed E-state index contributed by atoms with van der Waals surface area (Å²) in [5.41, 5.74) is 11.0. The summed E-state index contributed by atoms with van der Waals surface area (Å²) in [6.45, 7) is 8.19. The highest BCUT2D eigenvalue weighted by Crippen LogP contribution is 2.28. The molecule has 5 rings (SSSR count). The molecule has 4 N–H and O–H groups in total. The monoisotopic (exact) mass is 549 g/mol. The zero-order chi connectivity index (χ0) is 28.4. The molecule has 3 heterocycles. The van der Waals surface area contributed by atoms with E-state index in [1.165, 1.54) is 0 Å². The molecule has 5 aromatic rings. The second-order valence-electron chi connectivity index (χ2n) is 10.4. The average molecular weight is 550 g/mol. The van der Waals surface area contributed by atoms with E-state index in [1.54, 1.807) is 23.1 Å². The molecular weight excluding hydrogens is 522 g/mol. The van der Waals surface area contributed by atoms with Crippen LogP contribution in [-0.2, 0) is 5.41 Å². The number of hydrogen-bond acceptors (Lipinski definition) is 5. The first kappa shape index (κ1) is 26.7. The van der Waals surface area contributed by atoms with Gasteiger partial charge in [0.15, 0.2) is 0 Å². The predicted octanol–water partition coefficient (Wildman–Crippen LogP) is 6.70. The van der Waals surface area contributed by atoms with E-state index in [0.29, 0.717) is 22.1 Å². The lowest BCUT2D eigenvalue weighted by molar-refractivity contribution is 0.262. The molecule has 0 saturated heterocycles. The summed E-state index contributed by atoms with van der Waals surface area (Å²) in [5.74, 6) is 6.98. The molecule has 0 saturated carbocycles. The van der Waals surface area contributed by atoms with Crippen LogP contribution in [0, 0.1) is 18.8 Å². The summed E-state index contributed by atoms with van der Waals surface area (Å²) in [7, 11) is 0. The standard InChI is InChI=1S/C31H28ClN7O/c1-19-7-10-23(15-21(19)9-8-20-14-25(32)29(33)35-18-20)36-30(40)37-28-17-27(31(2,3)4)38-39(28)24-11-12-26-22(16-24)6-5-13-34-26/h5-7,10-18H,1-4H3,(H2,33,35)(H2,36,37,40). The van der Waals surface area contributed by atoms with Crippen molar-refractivity contribution >= 4 is 45.9 Å². The number of benzene rings is 2. The van der Waals surface area contributed by atoms with Crippen LogP contribution in [0.2, 0.25) is 5.02 Å². The minimum absolute atomic E-state index is 0.217. The van der Waals surface area contributed by atoms with Crippen LogP contribution in [0.5, 0.6) is 0 Å². The average Bonchev–Trinajstić information content (AvgIpc) is 3.35. The van der Waals surface area contributed by atoms with E-state index >= 15 is 0 Å². The molecule has 0 fully saturated rings. The lowest BCUT2D eigenvalue weighted by Crippen LogP contribution is -2.21. The van der Waals surface area contributed by atoms with Gasteiger partial charge in [0.2, 0.25) is 0 Å². The Bertz CT molecular complexity index is 1810. The number of nitrogens with one attached hydrogen (secondary N) is 2. The molecular formula is C31H28ClN7O. The number of aromatic nitrogens is 4. The fraction of sp³-hybridized carbons (Fsp3) is 0.161. The number of halogens is 1. The third-order valence-corrected chi connectivity index (χ3v) is 6.56. The van der Waals surface area contributed by atoms with Gasteiger partial charge in [-0.1, -0.05) is 56.3 Å². The van der Waals surface area contributed by atoms with Gasteiger partial charge >= 0.3 is 6.03 Å². The van der Waals surface area contributed by atoms with E-state index in [1.807, 2.05) is 61.5 Å². The molecule has 200 valence electrons. The number of nitrogens with two attached hydrogens (primary N) is 1. The van der Waals surface area contributed by atoms with Gasteiger partial charge in [-0.2, -0.15) is 5.10 Å². The lowest BCUT2D eigenvalue weighted by Gasteiger charge is -2.14. The number of rotatable bonds is 3. The summed E-state index contributed by atoms with van der Waals surface area (Å²) in [6, 6.07) is 18.5. The maximum absolute atomic E-state index is 13.1. The molecule has 3 aromatic heterocycles. The van der Waals surface area contributed by atoms with E-state index in [-0.39, 0.29) is 11.2 Å². The molecule has 2 amide bonds. The Hall–Kier alpha value is -4.87. The number of nitrogen functional groups attached to an aromatic ring is 1. The van der Waals surface area contributed by atoms with Gasteiger partial charge in [0.1, 0.15) is 11.6 Å². The number of hydrogen-bond donors (Lipinski definition) is 3. The smallest absolute Gasteiger partial charge is 0.324 e. The maximum Gasteiger partial charge on any atom is 0.324 e. The third-order valence-electron chi connectivity index (χ3n) is 6.26. The van der Waals surface area contributed by atoms with Gasteiger partial charge in [-0.3, -0.25) is 10.3 Å². The topological polar surface area (TPSA) is 111 Å². The van der Waals surface area contributed by atoms with Crippen molar-refractivity contribution in [3.63, 3.8) is 0 Å². The van der Waals surface area contributed by atoms with E-state index in [9.17, 15) is 4.79 Å². The maximum atomic E-state index is 13.1. The van der Waals surface area contributed by atoms with Crippen LogP contribution >= 0.6 is 11.6 Å². The molecule has 0 bridgehead atoms. The molecule has 0 radical (unpaired) electrons. The molecule has 9 heteroatoms. The molecule has 0 unspecified atom stereocenters. The van der Waals surface area contributed by atoms with Crippen LogP contribution in [0.1, 0.15) is 43.2 Å². The SMILES string of the molecule is Cc1ccc(NC(=O)Nc2cc(C(C)(C)C)nn2-c2ccc3ncccc3c2)cc1C#Cc1cnc(N)c(Cl)c1. The number of anilines is 3. The molecule has 0 spiro atoms. The molecule has 40 heavy (non-hydrogen) atoms. The molecule has 8 nitrogen and oxygen atoms in total. The van der Waals surface area contributed by atoms with Crippen molar-refractivity contribution in [3.8, 4) is 17.5 Å². The number of aryl methyl sites for hydroxylation is 1. The van der Waals surface area contributed by atoms with Crippen molar-refractivity contribution in [2.24, 2.45) is 0 Å². The summed E-state index contributed by atoms with van der Waals surface area (Å²) in [6.07, 6.45) is 3.33. The summed E-state index contributed by atoms with van der Waals surface area (Å²) < 4.78 is 1.74. The molecule has 0 aliphatic rings. The lowest BCUT2D eigenvalue weighted by atomic mass is 9.92. The van der Waals surface area contributed by atoms with Crippen molar-refractivity contribution in [1.82, 2.24) is 19.7 Å². The van der Waals surface area contributed by atoms with Crippen molar-refractivity contribution in [2.75, 3.05) is 16.4 Å². The van der Waals surface area contributed by atoms with Crippen LogP contribution in [0.25, 0.3) is 16.6 Å². The Morgan fingerprint density at radius 3 is 2.60 bits per heavy atom. The Morgan fingerprint density at radius 1 is 1.00 bits per heavy atom. The number of pyridine rings is 2. The van der Waals surface area contributed by atoms with Gasteiger partial charge < -0.3 is 11.1 Å². The first-order valence-corrected chi connectivity index (χ1v) is 13.0. The van der Waals surface area contributed by atoms with Gasteiger partial charge in [0, 0.05) is 46.1 Å². The second-order valence-corrected chi connectivity index (χ2v) is 10.8. The third kappa shape index (κ3) is 5.90. The van der Waals surface area contributed by atoms with Crippen molar-refractivity contribution in [3.05, 3.63) is 100 Å². The fourth-order valence-electron chi connectivity index (χ4n) is 4.00. The van der Waals surface area contributed by atoms with E-state index in [2.05, 4.69) is 53.2 Å². The van der Waals surface area contributed by atoms with Gasteiger partial charge in [-0.05, 0) is 55.0 Å². The number of carbonyl (C=O) groups is 1. The first-order chi connectivity index (χ1) is 19.1. The fourth-order valence-corrected chi connectivity index (χ4v) is 4.16. The predicted molar refractivity (Wildman–Crippen MR) is 161 cm³/mol. The second kappa shape index (κ2) is 10.7. The minimum Gasteiger partial charge on any atom is -0.382 e. The highest BCUT2D eigenvalue weighted by Gasteiger charge is 2.22. The summed E-state index contributed by atoms with van der Waals surface area (Å²) in [5, 5.41) is 12.0. The van der Waals surface area contributed by atoms with Crippen molar-refractivity contribution < 1.29 is 4.79 Å². The summed E-state index contributed by atoms with van der Waals surface area (Å²) in [4.78, 5) is 21.6. The van der Waals surface area contributed by atoms with Crippen LogP contribution < -0.4 is 16.4 Å². The Labute approximate surface area is 237 Å². The van der Waals surface area contributed by atoms with E-state index in [0.717, 1.165) is 33.4 Å². The quantitative estimate of drug-likeness (QED) is 0.217. The van der Waals surface area contributed by atoms with Crippen LogP contribution in [0.15, 0.2) is 73.1 Å². The van der Waals surface area contributed by atoms with Crippen LogP contribution in [-0.4, -0.2) is 25.8 Å². The molecule has 0 aliphatic carbocycles. The number of carbonyl (C=O) groups excluding carboxylic acids is 1. The Balaban J connectivity index is 1.40. The van der Waals surface area contributed by atoms with Gasteiger partial charge in [0.05, 0.1) is 21.9 Å². The first-order valence-electron chi connectivity index (χ1n) is 12.6. The minimum atomic E-state index is -0.402.